The first kappa shape index (κ1) is 22.1. The second kappa shape index (κ2) is 10.9. The van der Waals surface area contributed by atoms with E-state index >= 15 is 0 Å². The first-order valence-electron chi connectivity index (χ1n) is 8.50. The lowest BCUT2D eigenvalue weighted by Crippen LogP contribution is -2.39. The highest BCUT2D eigenvalue weighted by atomic mass is 127. The van der Waals surface area contributed by atoms with Crippen LogP contribution in [0.3, 0.4) is 0 Å². The number of phenols is 1. The van der Waals surface area contributed by atoms with Gasteiger partial charge in [-0.25, -0.2) is 0 Å². The smallest absolute Gasteiger partial charge is 0.194 e. The number of benzene rings is 1. The van der Waals surface area contributed by atoms with Gasteiger partial charge in [0.2, 0.25) is 0 Å². The maximum absolute atomic E-state index is 10.0. The molecule has 2 aromatic rings. The molecule has 0 aliphatic carbocycles. The van der Waals surface area contributed by atoms with Crippen LogP contribution in [0, 0.1) is 0 Å². The minimum absolute atomic E-state index is 0. The Kier molecular flexibility index (Phi) is 9.32. The average molecular weight is 472 g/mol. The van der Waals surface area contributed by atoms with Crippen molar-refractivity contribution in [2.24, 2.45) is 12.0 Å². The molecular weight excluding hydrogens is 443 g/mol. The molecule has 2 N–H and O–H groups in total. The van der Waals surface area contributed by atoms with Crippen molar-refractivity contribution in [3.05, 3.63) is 47.8 Å². The van der Waals surface area contributed by atoms with Gasteiger partial charge in [-0.3, -0.25) is 4.99 Å². The lowest BCUT2D eigenvalue weighted by atomic mass is 10.1. The number of ether oxygens (including phenoxy) is 1. The third kappa shape index (κ3) is 6.12. The van der Waals surface area contributed by atoms with Gasteiger partial charge in [-0.2, -0.15) is 0 Å². The molecule has 2 rings (SSSR count). The van der Waals surface area contributed by atoms with Gasteiger partial charge in [0.05, 0.1) is 13.7 Å². The molecule has 1 heterocycles. The molecule has 144 valence electrons. The van der Waals surface area contributed by atoms with Gasteiger partial charge in [0, 0.05) is 45.1 Å². The molecular formula is C19H29IN4O2. The Hall–Kier alpha value is -1.90. The van der Waals surface area contributed by atoms with Gasteiger partial charge in [0.25, 0.3) is 0 Å². The van der Waals surface area contributed by atoms with Gasteiger partial charge in [-0.1, -0.05) is 6.07 Å². The third-order valence-electron chi connectivity index (χ3n) is 4.08. The number of hydrogen-bond acceptors (Lipinski definition) is 3. The summed E-state index contributed by atoms with van der Waals surface area (Å²) >= 11 is 0. The normalized spacial score (nSPS) is 11.0. The number of hydrogen-bond donors (Lipinski definition) is 2. The highest BCUT2D eigenvalue weighted by Crippen LogP contribution is 2.23. The van der Waals surface area contributed by atoms with E-state index in [0.717, 1.165) is 24.6 Å². The lowest BCUT2D eigenvalue weighted by Gasteiger charge is -2.22. The van der Waals surface area contributed by atoms with Crippen molar-refractivity contribution in [3.63, 3.8) is 0 Å². The maximum atomic E-state index is 10.0. The molecule has 0 amide bonds. The van der Waals surface area contributed by atoms with E-state index in [4.69, 9.17) is 4.74 Å². The van der Waals surface area contributed by atoms with Crippen LogP contribution >= 0.6 is 24.0 Å². The van der Waals surface area contributed by atoms with Crippen LogP contribution < -0.4 is 10.1 Å². The molecule has 6 nitrogen and oxygen atoms in total. The predicted octanol–water partition coefficient (Wildman–Crippen LogP) is 3.00. The summed E-state index contributed by atoms with van der Waals surface area (Å²) in [7, 11) is 5.66. The number of rotatable bonds is 7. The van der Waals surface area contributed by atoms with Gasteiger partial charge in [-0.15, -0.1) is 24.0 Å². The molecule has 26 heavy (non-hydrogen) atoms. The number of aliphatic imine (C=N–C) groups is 1. The molecule has 0 fully saturated rings. The number of nitrogens with one attached hydrogen (secondary N) is 1. The molecule has 7 heteroatoms. The number of aromatic hydroxyl groups is 1. The van der Waals surface area contributed by atoms with Crippen LogP contribution in [0.5, 0.6) is 11.5 Å². The number of aromatic nitrogens is 1. The van der Waals surface area contributed by atoms with E-state index in [0.29, 0.717) is 18.7 Å². The molecule has 0 saturated heterocycles. The SMILES string of the molecule is CCNC(=NCCc1ccc(OC)cc1O)N(C)Cc1cccn1C.I. The van der Waals surface area contributed by atoms with E-state index in [1.54, 1.807) is 13.2 Å². The van der Waals surface area contributed by atoms with Crippen molar-refractivity contribution in [1.29, 1.82) is 0 Å². The van der Waals surface area contributed by atoms with Crippen LogP contribution in [-0.4, -0.2) is 47.8 Å². The minimum Gasteiger partial charge on any atom is -0.508 e. The van der Waals surface area contributed by atoms with Crippen molar-refractivity contribution in [1.82, 2.24) is 14.8 Å². The van der Waals surface area contributed by atoms with Crippen LogP contribution in [0.4, 0.5) is 0 Å². The summed E-state index contributed by atoms with van der Waals surface area (Å²) in [6.45, 7) is 4.24. The van der Waals surface area contributed by atoms with Crippen molar-refractivity contribution in [3.8, 4) is 11.5 Å². The summed E-state index contributed by atoms with van der Waals surface area (Å²) in [5.41, 5.74) is 2.09. The molecule has 0 saturated carbocycles. The van der Waals surface area contributed by atoms with Crippen LogP contribution in [-0.2, 0) is 20.0 Å². The molecule has 0 aliphatic rings. The fourth-order valence-electron chi connectivity index (χ4n) is 2.61. The largest absolute Gasteiger partial charge is 0.508 e. The summed E-state index contributed by atoms with van der Waals surface area (Å²) in [6.07, 6.45) is 2.71. The Bertz CT molecular complexity index is 715. The summed E-state index contributed by atoms with van der Waals surface area (Å²) in [6, 6.07) is 9.51. The Labute approximate surface area is 172 Å². The topological polar surface area (TPSA) is 62.0 Å². The molecule has 0 radical (unpaired) electrons. The van der Waals surface area contributed by atoms with Gasteiger partial charge in [-0.05, 0) is 37.1 Å². The second-order valence-corrected chi connectivity index (χ2v) is 5.95. The van der Waals surface area contributed by atoms with Crippen molar-refractivity contribution in [2.75, 3.05) is 27.2 Å². The summed E-state index contributed by atoms with van der Waals surface area (Å²) in [4.78, 5) is 6.79. The lowest BCUT2D eigenvalue weighted by molar-refractivity contribution is 0.406. The monoisotopic (exact) mass is 472 g/mol. The zero-order chi connectivity index (χ0) is 18.2. The van der Waals surface area contributed by atoms with Crippen molar-refractivity contribution < 1.29 is 9.84 Å². The minimum atomic E-state index is 0. The van der Waals surface area contributed by atoms with Gasteiger partial charge < -0.3 is 24.6 Å². The third-order valence-corrected chi connectivity index (χ3v) is 4.08. The standard InChI is InChI=1S/C19H28N4O2.HI/c1-5-20-19(23(3)14-16-7-6-12-22(16)2)21-11-10-15-8-9-17(25-4)13-18(15)24;/h6-9,12-13,24H,5,10-11,14H2,1-4H3,(H,20,21);1H. The number of halogens is 1. The van der Waals surface area contributed by atoms with Gasteiger partial charge in [0.1, 0.15) is 11.5 Å². The Morgan fingerprint density at radius 2 is 2.12 bits per heavy atom. The molecule has 1 aromatic carbocycles. The number of guanidine groups is 1. The van der Waals surface area contributed by atoms with Crippen molar-refractivity contribution >= 4 is 29.9 Å². The Morgan fingerprint density at radius 3 is 2.69 bits per heavy atom. The van der Waals surface area contributed by atoms with Crippen molar-refractivity contribution in [2.45, 2.75) is 19.9 Å². The molecule has 0 spiro atoms. The average Bonchev–Trinajstić information content (AvgIpc) is 3.00. The van der Waals surface area contributed by atoms with E-state index < -0.39 is 0 Å². The van der Waals surface area contributed by atoms with E-state index in [9.17, 15) is 5.11 Å². The quantitative estimate of drug-likeness (QED) is 0.370. The van der Waals surface area contributed by atoms with Crippen LogP contribution in [0.1, 0.15) is 18.2 Å². The Morgan fingerprint density at radius 1 is 1.35 bits per heavy atom. The zero-order valence-electron chi connectivity index (χ0n) is 15.9. The molecule has 1 aromatic heterocycles. The van der Waals surface area contributed by atoms with Crippen LogP contribution in [0.15, 0.2) is 41.5 Å². The summed E-state index contributed by atoms with van der Waals surface area (Å²) in [5, 5.41) is 13.4. The highest BCUT2D eigenvalue weighted by molar-refractivity contribution is 14.0. The fourth-order valence-corrected chi connectivity index (χ4v) is 2.61. The summed E-state index contributed by atoms with van der Waals surface area (Å²) < 4.78 is 7.22. The molecule has 0 unspecified atom stereocenters. The van der Waals surface area contributed by atoms with E-state index in [-0.39, 0.29) is 29.7 Å². The second-order valence-electron chi connectivity index (χ2n) is 5.95. The fraction of sp³-hybridized carbons (Fsp3) is 0.421. The Balaban J connectivity index is 0.00000338. The van der Waals surface area contributed by atoms with E-state index in [1.807, 2.05) is 38.5 Å². The van der Waals surface area contributed by atoms with Gasteiger partial charge in [0.15, 0.2) is 5.96 Å². The van der Waals surface area contributed by atoms with E-state index in [1.165, 1.54) is 5.69 Å². The number of aryl methyl sites for hydroxylation is 1. The zero-order valence-corrected chi connectivity index (χ0v) is 18.2. The highest BCUT2D eigenvalue weighted by Gasteiger charge is 2.09. The maximum Gasteiger partial charge on any atom is 0.194 e. The molecule has 0 atom stereocenters. The summed E-state index contributed by atoms with van der Waals surface area (Å²) in [5.74, 6) is 1.76. The first-order chi connectivity index (χ1) is 12.0. The number of phenolic OH excluding ortho intramolecular Hbond substituents is 1. The molecule has 0 bridgehead atoms. The van der Waals surface area contributed by atoms with Gasteiger partial charge >= 0.3 is 0 Å². The number of methoxy groups -OCH3 is 1. The first-order valence-corrected chi connectivity index (χ1v) is 8.50. The van der Waals surface area contributed by atoms with Crippen LogP contribution in [0.25, 0.3) is 0 Å². The van der Waals surface area contributed by atoms with E-state index in [2.05, 4.69) is 32.8 Å². The number of nitrogens with zero attached hydrogens (tertiary/aromatic N) is 3. The van der Waals surface area contributed by atoms with Crippen LogP contribution in [0.2, 0.25) is 0 Å². The predicted molar refractivity (Wildman–Crippen MR) is 117 cm³/mol. The molecule has 0 aliphatic heterocycles.